The van der Waals surface area contributed by atoms with Gasteiger partial charge in [-0.1, -0.05) is 24.3 Å². The average molecular weight is 215 g/mol. The third-order valence-electron chi connectivity index (χ3n) is 2.73. The maximum Gasteiger partial charge on any atom is 0.310 e. The molecule has 1 heterocycles. The quantitative estimate of drug-likeness (QED) is 0.838. The Morgan fingerprint density at radius 3 is 2.75 bits per heavy atom. The Hall–Kier alpha value is -1.90. The normalized spacial score (nSPS) is 12.6. The van der Waals surface area contributed by atoms with E-state index in [9.17, 15) is 4.79 Å². The van der Waals surface area contributed by atoms with Gasteiger partial charge in [0.15, 0.2) is 0 Å². The molecule has 0 radical (unpaired) electrons. The molecule has 0 aliphatic carbocycles. The molecule has 82 valence electrons. The van der Waals surface area contributed by atoms with Gasteiger partial charge in [0.2, 0.25) is 0 Å². The monoisotopic (exact) mass is 215 g/mol. The Bertz CT molecular complexity index is 549. The molecule has 0 spiro atoms. The van der Waals surface area contributed by atoms with E-state index in [0.717, 1.165) is 22.2 Å². The fraction of sp³-hybridized carbons (Fsp3) is 0.231. The van der Waals surface area contributed by atoms with Crippen molar-refractivity contribution < 1.29 is 9.90 Å². The topological polar surface area (TPSA) is 50.2 Å². The second-order valence-electron chi connectivity index (χ2n) is 3.93. The number of aromatic nitrogens is 1. The summed E-state index contributed by atoms with van der Waals surface area (Å²) in [5.41, 5.74) is 2.46. The molecule has 1 aromatic heterocycles. The number of nitrogens with zero attached hydrogens (tertiary/aromatic N) is 1. The first kappa shape index (κ1) is 10.6. The van der Waals surface area contributed by atoms with E-state index in [1.807, 2.05) is 37.3 Å². The molecule has 2 aromatic rings. The fourth-order valence-electron chi connectivity index (χ4n) is 1.75. The number of pyridine rings is 1. The lowest BCUT2D eigenvalue weighted by Crippen LogP contribution is -2.08. The van der Waals surface area contributed by atoms with E-state index < -0.39 is 11.9 Å². The van der Waals surface area contributed by atoms with Crippen LogP contribution < -0.4 is 0 Å². The molecule has 0 aliphatic heterocycles. The van der Waals surface area contributed by atoms with Crippen molar-refractivity contribution in [2.24, 2.45) is 0 Å². The highest BCUT2D eigenvalue weighted by molar-refractivity contribution is 5.87. The molecule has 0 amide bonds. The van der Waals surface area contributed by atoms with E-state index in [0.29, 0.717) is 0 Å². The van der Waals surface area contributed by atoms with Gasteiger partial charge in [-0.05, 0) is 25.5 Å². The van der Waals surface area contributed by atoms with Crippen LogP contribution in [0.15, 0.2) is 30.3 Å². The van der Waals surface area contributed by atoms with Crippen molar-refractivity contribution in [1.29, 1.82) is 0 Å². The Labute approximate surface area is 93.7 Å². The average Bonchev–Trinajstić information content (AvgIpc) is 2.27. The summed E-state index contributed by atoms with van der Waals surface area (Å²) in [6, 6.07) is 9.54. The summed E-state index contributed by atoms with van der Waals surface area (Å²) < 4.78 is 0. The number of carbonyl (C=O) groups is 1. The van der Waals surface area contributed by atoms with E-state index in [1.165, 1.54) is 0 Å². The number of para-hydroxylation sites is 1. The van der Waals surface area contributed by atoms with Crippen molar-refractivity contribution in [3.63, 3.8) is 0 Å². The minimum absolute atomic E-state index is 0.530. The number of rotatable bonds is 2. The summed E-state index contributed by atoms with van der Waals surface area (Å²) in [6.45, 7) is 3.59. The molecular formula is C13H13NO2. The van der Waals surface area contributed by atoms with Crippen LogP contribution in [0.3, 0.4) is 0 Å². The van der Waals surface area contributed by atoms with Gasteiger partial charge in [0.05, 0.1) is 11.4 Å². The summed E-state index contributed by atoms with van der Waals surface area (Å²) in [7, 11) is 0. The van der Waals surface area contributed by atoms with Gasteiger partial charge in [-0.25, -0.2) is 0 Å². The van der Waals surface area contributed by atoms with E-state index in [-0.39, 0.29) is 0 Å². The minimum Gasteiger partial charge on any atom is -0.481 e. The number of aryl methyl sites for hydroxylation is 1. The number of fused-ring (bicyclic) bond motifs is 1. The van der Waals surface area contributed by atoms with E-state index >= 15 is 0 Å². The van der Waals surface area contributed by atoms with Crippen LogP contribution in [-0.4, -0.2) is 16.1 Å². The lowest BCUT2D eigenvalue weighted by Gasteiger charge is -2.10. The van der Waals surface area contributed by atoms with Crippen LogP contribution in [0.2, 0.25) is 0 Å². The van der Waals surface area contributed by atoms with Gasteiger partial charge in [0.25, 0.3) is 0 Å². The molecule has 0 aliphatic rings. The zero-order valence-electron chi connectivity index (χ0n) is 9.27. The maximum atomic E-state index is 11.0. The zero-order chi connectivity index (χ0) is 11.7. The van der Waals surface area contributed by atoms with E-state index in [4.69, 9.17) is 5.11 Å². The maximum absolute atomic E-state index is 11.0. The summed E-state index contributed by atoms with van der Waals surface area (Å²) in [4.78, 5) is 15.4. The first-order valence-corrected chi connectivity index (χ1v) is 5.18. The highest BCUT2D eigenvalue weighted by Gasteiger charge is 2.16. The van der Waals surface area contributed by atoms with Crippen molar-refractivity contribution in [2.45, 2.75) is 19.8 Å². The van der Waals surface area contributed by atoms with Crippen LogP contribution in [0.5, 0.6) is 0 Å². The Kier molecular flexibility index (Phi) is 2.60. The second kappa shape index (κ2) is 3.93. The lowest BCUT2D eigenvalue weighted by atomic mass is 9.98. The molecule has 3 heteroatoms. The largest absolute Gasteiger partial charge is 0.481 e. The molecule has 0 bridgehead atoms. The van der Waals surface area contributed by atoms with Crippen LogP contribution in [-0.2, 0) is 4.79 Å². The number of aliphatic carboxylic acids is 1. The first-order valence-electron chi connectivity index (χ1n) is 5.18. The molecule has 0 fully saturated rings. The lowest BCUT2D eigenvalue weighted by molar-refractivity contribution is -0.138. The van der Waals surface area contributed by atoms with Gasteiger partial charge in [0, 0.05) is 11.1 Å². The first-order chi connectivity index (χ1) is 7.59. The van der Waals surface area contributed by atoms with Crippen LogP contribution in [0.4, 0.5) is 0 Å². The van der Waals surface area contributed by atoms with Gasteiger partial charge in [-0.2, -0.15) is 0 Å². The molecule has 3 nitrogen and oxygen atoms in total. The minimum atomic E-state index is -0.823. The summed E-state index contributed by atoms with van der Waals surface area (Å²) in [6.07, 6.45) is 0. The van der Waals surface area contributed by atoms with Crippen LogP contribution in [0.25, 0.3) is 10.9 Å². The summed E-state index contributed by atoms with van der Waals surface area (Å²) in [5, 5.41) is 10.0. The van der Waals surface area contributed by atoms with Crippen LogP contribution in [0.1, 0.15) is 24.1 Å². The zero-order valence-corrected chi connectivity index (χ0v) is 9.27. The van der Waals surface area contributed by atoms with Gasteiger partial charge in [-0.15, -0.1) is 0 Å². The smallest absolute Gasteiger partial charge is 0.310 e. The second-order valence-corrected chi connectivity index (χ2v) is 3.93. The molecular weight excluding hydrogens is 202 g/mol. The fourth-order valence-corrected chi connectivity index (χ4v) is 1.75. The predicted molar refractivity (Wildman–Crippen MR) is 62.5 cm³/mol. The summed E-state index contributed by atoms with van der Waals surface area (Å²) in [5.74, 6) is -1.35. The predicted octanol–water partition coefficient (Wildman–Crippen LogP) is 2.73. The van der Waals surface area contributed by atoms with Gasteiger partial charge in [0.1, 0.15) is 0 Å². The number of carboxylic acids is 1. The number of benzene rings is 1. The van der Waals surface area contributed by atoms with Crippen LogP contribution in [0, 0.1) is 6.92 Å². The van der Waals surface area contributed by atoms with Gasteiger partial charge in [-0.3, -0.25) is 9.78 Å². The van der Waals surface area contributed by atoms with E-state index in [1.54, 1.807) is 6.92 Å². The van der Waals surface area contributed by atoms with Crippen molar-refractivity contribution in [2.75, 3.05) is 0 Å². The third-order valence-corrected chi connectivity index (χ3v) is 2.73. The van der Waals surface area contributed by atoms with E-state index in [2.05, 4.69) is 4.98 Å². The number of carboxylic acid groups (broad SMARTS) is 1. The number of hydrogen-bond donors (Lipinski definition) is 1. The molecule has 1 atom stereocenters. The Morgan fingerprint density at radius 2 is 2.06 bits per heavy atom. The van der Waals surface area contributed by atoms with Crippen molar-refractivity contribution in [3.8, 4) is 0 Å². The highest BCUT2D eigenvalue weighted by Crippen LogP contribution is 2.24. The SMILES string of the molecule is Cc1ccc2cccc(C(C)C(=O)O)c2n1. The highest BCUT2D eigenvalue weighted by atomic mass is 16.4. The molecule has 1 N–H and O–H groups in total. The van der Waals surface area contributed by atoms with Crippen molar-refractivity contribution in [3.05, 3.63) is 41.6 Å². The number of hydrogen-bond acceptors (Lipinski definition) is 2. The molecule has 1 unspecified atom stereocenters. The molecule has 16 heavy (non-hydrogen) atoms. The Morgan fingerprint density at radius 1 is 1.31 bits per heavy atom. The Balaban J connectivity index is 2.69. The summed E-state index contributed by atoms with van der Waals surface area (Å²) >= 11 is 0. The van der Waals surface area contributed by atoms with Crippen molar-refractivity contribution in [1.82, 2.24) is 4.98 Å². The van der Waals surface area contributed by atoms with Crippen molar-refractivity contribution >= 4 is 16.9 Å². The third kappa shape index (κ3) is 1.76. The molecule has 0 saturated carbocycles. The van der Waals surface area contributed by atoms with Crippen LogP contribution >= 0.6 is 0 Å². The van der Waals surface area contributed by atoms with Gasteiger partial charge >= 0.3 is 5.97 Å². The molecule has 1 aromatic carbocycles. The standard InChI is InChI=1S/C13H13NO2/c1-8-6-7-10-4-3-5-11(12(10)14-8)9(2)13(15)16/h3-7,9H,1-2H3,(H,15,16). The van der Waals surface area contributed by atoms with Gasteiger partial charge < -0.3 is 5.11 Å². The molecule has 2 rings (SSSR count). The molecule has 0 saturated heterocycles.